The molecule has 0 atom stereocenters. The second kappa shape index (κ2) is 8.00. The lowest BCUT2D eigenvalue weighted by Crippen LogP contribution is -2.50. The minimum absolute atomic E-state index is 0.0993. The third kappa shape index (κ3) is 3.56. The summed E-state index contributed by atoms with van der Waals surface area (Å²) in [6, 6.07) is 4.83. The zero-order valence-electron chi connectivity index (χ0n) is 16.6. The molecule has 0 aliphatic carbocycles. The first-order valence-electron chi connectivity index (χ1n) is 9.79. The molecule has 0 unspecified atom stereocenters. The number of aromatic nitrogens is 4. The second-order valence-corrected chi connectivity index (χ2v) is 8.29. The molecule has 162 valence electrons. The summed E-state index contributed by atoms with van der Waals surface area (Å²) < 4.78 is 16.3. The largest absolute Gasteiger partial charge is 0.477 e. The maximum absolute atomic E-state index is 14.9. The molecule has 5 rings (SSSR count). The number of hydrogen-bond acceptors (Lipinski definition) is 8. The van der Waals surface area contributed by atoms with Gasteiger partial charge in [0.15, 0.2) is 22.4 Å². The van der Waals surface area contributed by atoms with Crippen molar-refractivity contribution in [1.82, 2.24) is 19.5 Å². The van der Waals surface area contributed by atoms with Crippen molar-refractivity contribution in [3.05, 3.63) is 70.0 Å². The molecule has 4 aromatic heterocycles. The van der Waals surface area contributed by atoms with Crippen molar-refractivity contribution >= 4 is 39.8 Å². The Labute approximate surface area is 184 Å². The van der Waals surface area contributed by atoms with Crippen LogP contribution in [-0.4, -0.2) is 50.2 Å². The standard InChI is InChI=1S/C21H17FN6O3S/c22-16-7-14-17(29)15(20(30)31)11-28(21-24-5-6-32-21)18(14)26-19(16)27-9-12(10-27)8-25-13-1-3-23-4-2-13/h1-7,11-12H,8-10H2,(H,23,25)(H,30,31). The number of carbonyl (C=O) groups is 1. The molecule has 1 saturated heterocycles. The number of fused-ring (bicyclic) bond motifs is 1. The van der Waals surface area contributed by atoms with Crippen LogP contribution >= 0.6 is 11.3 Å². The van der Waals surface area contributed by atoms with E-state index in [1.807, 2.05) is 12.1 Å². The van der Waals surface area contributed by atoms with Crippen LogP contribution in [0, 0.1) is 11.7 Å². The van der Waals surface area contributed by atoms with E-state index in [0.29, 0.717) is 24.1 Å². The predicted octanol–water partition coefficient (Wildman–Crippen LogP) is 2.62. The molecule has 1 aliphatic rings. The lowest BCUT2D eigenvalue weighted by atomic mass is 10.00. The highest BCUT2D eigenvalue weighted by molar-refractivity contribution is 7.12. The van der Waals surface area contributed by atoms with Gasteiger partial charge in [0.05, 0.1) is 5.39 Å². The van der Waals surface area contributed by atoms with E-state index in [1.165, 1.54) is 22.1 Å². The van der Waals surface area contributed by atoms with E-state index < -0.39 is 22.8 Å². The fourth-order valence-corrected chi connectivity index (χ4v) is 4.29. The first-order valence-corrected chi connectivity index (χ1v) is 10.7. The Kier molecular flexibility index (Phi) is 5.02. The number of hydrogen-bond donors (Lipinski definition) is 2. The smallest absolute Gasteiger partial charge is 0.341 e. The van der Waals surface area contributed by atoms with Gasteiger partial charge in [0, 0.05) is 61.4 Å². The molecule has 11 heteroatoms. The highest BCUT2D eigenvalue weighted by Crippen LogP contribution is 2.29. The maximum atomic E-state index is 14.9. The van der Waals surface area contributed by atoms with Crippen LogP contribution in [0.1, 0.15) is 10.4 Å². The summed E-state index contributed by atoms with van der Waals surface area (Å²) >= 11 is 1.26. The topological polar surface area (TPSA) is 113 Å². The Morgan fingerprint density at radius 3 is 2.75 bits per heavy atom. The highest BCUT2D eigenvalue weighted by atomic mass is 32.1. The number of thiazole rings is 1. The minimum atomic E-state index is -1.39. The summed E-state index contributed by atoms with van der Waals surface area (Å²) in [5.74, 6) is -1.62. The molecule has 2 N–H and O–H groups in total. The van der Waals surface area contributed by atoms with Crippen LogP contribution in [0.15, 0.2) is 53.2 Å². The molecule has 32 heavy (non-hydrogen) atoms. The Morgan fingerprint density at radius 1 is 1.28 bits per heavy atom. The SMILES string of the molecule is O=C(O)c1cn(-c2nccs2)c2nc(N3CC(CNc4ccncc4)C3)c(F)cc2c1=O. The monoisotopic (exact) mass is 452 g/mol. The van der Waals surface area contributed by atoms with Crippen molar-refractivity contribution in [3.63, 3.8) is 0 Å². The van der Waals surface area contributed by atoms with E-state index in [9.17, 15) is 19.1 Å². The van der Waals surface area contributed by atoms with Crippen LogP contribution in [-0.2, 0) is 0 Å². The number of pyridine rings is 3. The Morgan fingerprint density at radius 2 is 2.06 bits per heavy atom. The fourth-order valence-electron chi connectivity index (χ4n) is 3.67. The molecule has 5 heterocycles. The fraction of sp³-hybridized carbons (Fsp3) is 0.190. The van der Waals surface area contributed by atoms with E-state index in [4.69, 9.17) is 0 Å². The van der Waals surface area contributed by atoms with Gasteiger partial charge in [0.1, 0.15) is 5.56 Å². The Bertz CT molecular complexity index is 1350. The van der Waals surface area contributed by atoms with E-state index in [0.717, 1.165) is 18.3 Å². The molecule has 4 aromatic rings. The third-order valence-electron chi connectivity index (χ3n) is 5.30. The number of nitrogens with one attached hydrogen (secondary N) is 1. The number of nitrogens with zero attached hydrogens (tertiary/aromatic N) is 5. The van der Waals surface area contributed by atoms with E-state index in [2.05, 4.69) is 20.3 Å². The summed E-state index contributed by atoms with van der Waals surface area (Å²) in [6.07, 6.45) is 6.17. The van der Waals surface area contributed by atoms with Gasteiger partial charge in [-0.3, -0.25) is 14.3 Å². The van der Waals surface area contributed by atoms with Crippen LogP contribution in [0.4, 0.5) is 15.9 Å². The van der Waals surface area contributed by atoms with Gasteiger partial charge in [-0.15, -0.1) is 11.3 Å². The van der Waals surface area contributed by atoms with Crippen LogP contribution in [0.5, 0.6) is 0 Å². The molecule has 9 nitrogen and oxygen atoms in total. The van der Waals surface area contributed by atoms with Crippen molar-refractivity contribution in [3.8, 4) is 5.13 Å². The predicted molar refractivity (Wildman–Crippen MR) is 118 cm³/mol. The van der Waals surface area contributed by atoms with Gasteiger partial charge in [-0.05, 0) is 18.2 Å². The molecule has 0 bridgehead atoms. The number of halogens is 1. The van der Waals surface area contributed by atoms with Crippen LogP contribution < -0.4 is 15.6 Å². The summed E-state index contributed by atoms with van der Waals surface area (Å²) in [5, 5.41) is 14.8. The molecule has 1 aliphatic heterocycles. The van der Waals surface area contributed by atoms with Crippen molar-refractivity contribution in [2.24, 2.45) is 5.92 Å². The molecule has 0 spiro atoms. The van der Waals surface area contributed by atoms with Crippen molar-refractivity contribution in [2.45, 2.75) is 0 Å². The highest BCUT2D eigenvalue weighted by Gasteiger charge is 2.30. The van der Waals surface area contributed by atoms with Crippen molar-refractivity contribution < 1.29 is 14.3 Å². The first kappa shape index (κ1) is 20.1. The van der Waals surface area contributed by atoms with Gasteiger partial charge in [-0.2, -0.15) is 0 Å². The number of anilines is 2. The Balaban J connectivity index is 1.46. The molecule has 0 saturated carbocycles. The third-order valence-corrected chi connectivity index (χ3v) is 6.07. The summed E-state index contributed by atoms with van der Waals surface area (Å²) in [7, 11) is 0. The second-order valence-electron chi connectivity index (χ2n) is 7.41. The lowest BCUT2D eigenvalue weighted by Gasteiger charge is -2.40. The van der Waals surface area contributed by atoms with E-state index in [-0.39, 0.29) is 16.9 Å². The normalized spacial score (nSPS) is 13.8. The molecular weight excluding hydrogens is 435 g/mol. The van der Waals surface area contributed by atoms with Gasteiger partial charge >= 0.3 is 5.97 Å². The van der Waals surface area contributed by atoms with Crippen molar-refractivity contribution in [2.75, 3.05) is 29.9 Å². The zero-order chi connectivity index (χ0) is 22.2. The average molecular weight is 452 g/mol. The molecule has 0 amide bonds. The molecular formula is C21H17FN6O3S. The summed E-state index contributed by atoms with van der Waals surface area (Å²) in [5.41, 5.74) is -0.103. The van der Waals surface area contributed by atoms with E-state index >= 15 is 0 Å². The molecule has 0 aromatic carbocycles. The first-order chi connectivity index (χ1) is 15.5. The number of carboxylic acids is 1. The number of aromatic carboxylic acids is 1. The van der Waals surface area contributed by atoms with Gasteiger partial charge in [0.2, 0.25) is 5.43 Å². The lowest BCUT2D eigenvalue weighted by molar-refractivity contribution is 0.0695. The van der Waals surface area contributed by atoms with Crippen molar-refractivity contribution in [1.29, 1.82) is 0 Å². The number of rotatable bonds is 6. The van der Waals surface area contributed by atoms with Gasteiger partial charge in [0.25, 0.3) is 0 Å². The van der Waals surface area contributed by atoms with Crippen LogP contribution in [0.2, 0.25) is 0 Å². The number of carboxylic acid groups (broad SMARTS) is 1. The average Bonchev–Trinajstić information content (AvgIpc) is 3.29. The van der Waals surface area contributed by atoms with Gasteiger partial charge in [-0.25, -0.2) is 19.2 Å². The quantitative estimate of drug-likeness (QED) is 0.459. The summed E-state index contributed by atoms with van der Waals surface area (Å²) in [4.78, 5) is 38.6. The molecule has 1 fully saturated rings. The maximum Gasteiger partial charge on any atom is 0.341 e. The van der Waals surface area contributed by atoms with E-state index in [1.54, 1.807) is 28.9 Å². The van der Waals surface area contributed by atoms with Crippen LogP contribution in [0.25, 0.3) is 16.2 Å². The molecule has 0 radical (unpaired) electrons. The van der Waals surface area contributed by atoms with Crippen LogP contribution in [0.3, 0.4) is 0 Å². The Hall–Kier alpha value is -3.86. The summed E-state index contributed by atoms with van der Waals surface area (Å²) in [6.45, 7) is 1.92. The van der Waals surface area contributed by atoms with Gasteiger partial charge in [-0.1, -0.05) is 0 Å². The minimum Gasteiger partial charge on any atom is -0.477 e. The van der Waals surface area contributed by atoms with Gasteiger partial charge < -0.3 is 15.3 Å². The zero-order valence-corrected chi connectivity index (χ0v) is 17.4.